The first kappa shape index (κ1) is 18.5. The normalized spacial score (nSPS) is 14.7. The number of nitrogens with zero attached hydrogens (tertiary/aromatic N) is 2. The van der Waals surface area contributed by atoms with Crippen LogP contribution in [0.2, 0.25) is 5.02 Å². The van der Waals surface area contributed by atoms with Gasteiger partial charge in [0.05, 0.1) is 0 Å². The molecule has 1 aromatic carbocycles. The number of amides is 2. The molecule has 1 aliphatic rings. The lowest BCUT2D eigenvalue weighted by atomic mass is 10.1. The Labute approximate surface area is 147 Å². The molecule has 0 bridgehead atoms. The minimum atomic E-state index is -0.0842. The standard InChI is InChI=1S/C17H23ClN2O4/c1-12-8-14(9-13(2)17(12)18)24-11-16(22)20-6-4-19(5-7-20)15(21)10-23-3/h8-9H,4-7,10-11H2,1-3H3. The van der Waals surface area contributed by atoms with E-state index in [0.29, 0.717) is 37.0 Å². The van der Waals surface area contributed by atoms with Gasteiger partial charge in [0.1, 0.15) is 12.4 Å². The van der Waals surface area contributed by atoms with Crippen LogP contribution < -0.4 is 4.74 Å². The van der Waals surface area contributed by atoms with Crippen molar-refractivity contribution in [2.75, 3.05) is 46.5 Å². The molecule has 1 aromatic rings. The lowest BCUT2D eigenvalue weighted by Gasteiger charge is -2.34. The summed E-state index contributed by atoms with van der Waals surface area (Å²) in [6, 6.07) is 3.65. The van der Waals surface area contributed by atoms with Crippen LogP contribution in [0.15, 0.2) is 12.1 Å². The van der Waals surface area contributed by atoms with Crippen LogP contribution in [0.4, 0.5) is 0 Å². The van der Waals surface area contributed by atoms with Crippen molar-refractivity contribution in [3.8, 4) is 5.75 Å². The lowest BCUT2D eigenvalue weighted by molar-refractivity contribution is -0.142. The van der Waals surface area contributed by atoms with Gasteiger partial charge in [-0.25, -0.2) is 0 Å². The zero-order chi connectivity index (χ0) is 17.7. The lowest BCUT2D eigenvalue weighted by Crippen LogP contribution is -2.52. The Morgan fingerprint density at radius 1 is 1.00 bits per heavy atom. The van der Waals surface area contributed by atoms with Crippen LogP contribution in [-0.2, 0) is 14.3 Å². The van der Waals surface area contributed by atoms with Crippen LogP contribution in [0, 0.1) is 13.8 Å². The van der Waals surface area contributed by atoms with Gasteiger partial charge in [-0.3, -0.25) is 9.59 Å². The van der Waals surface area contributed by atoms with Gasteiger partial charge in [-0.1, -0.05) is 11.6 Å². The molecule has 0 atom stereocenters. The molecule has 24 heavy (non-hydrogen) atoms. The summed E-state index contributed by atoms with van der Waals surface area (Å²) in [5, 5.41) is 0.713. The summed E-state index contributed by atoms with van der Waals surface area (Å²) in [4.78, 5) is 27.4. The molecule has 7 heteroatoms. The van der Waals surface area contributed by atoms with Gasteiger partial charge in [-0.2, -0.15) is 0 Å². The Morgan fingerprint density at radius 2 is 1.46 bits per heavy atom. The molecule has 132 valence electrons. The number of aryl methyl sites for hydroxylation is 2. The first-order chi connectivity index (χ1) is 11.4. The zero-order valence-electron chi connectivity index (χ0n) is 14.3. The van der Waals surface area contributed by atoms with Crippen LogP contribution in [0.5, 0.6) is 5.75 Å². The van der Waals surface area contributed by atoms with Crippen molar-refractivity contribution < 1.29 is 19.1 Å². The monoisotopic (exact) mass is 354 g/mol. The van der Waals surface area contributed by atoms with E-state index >= 15 is 0 Å². The number of hydrogen-bond donors (Lipinski definition) is 0. The van der Waals surface area contributed by atoms with E-state index in [4.69, 9.17) is 21.1 Å². The molecule has 0 N–H and O–H groups in total. The van der Waals surface area contributed by atoms with Crippen LogP contribution in [0.3, 0.4) is 0 Å². The van der Waals surface area contributed by atoms with Gasteiger partial charge in [0.2, 0.25) is 5.91 Å². The van der Waals surface area contributed by atoms with Crippen molar-refractivity contribution in [1.29, 1.82) is 0 Å². The summed E-state index contributed by atoms with van der Waals surface area (Å²) in [6.07, 6.45) is 0. The third kappa shape index (κ3) is 4.61. The summed E-state index contributed by atoms with van der Waals surface area (Å²) in [6.45, 7) is 5.92. The molecule has 0 spiro atoms. The first-order valence-electron chi connectivity index (χ1n) is 7.86. The number of hydrogen-bond acceptors (Lipinski definition) is 4. The summed E-state index contributed by atoms with van der Waals surface area (Å²) in [5.74, 6) is 0.503. The molecular formula is C17H23ClN2O4. The van der Waals surface area contributed by atoms with E-state index in [0.717, 1.165) is 11.1 Å². The van der Waals surface area contributed by atoms with Crippen molar-refractivity contribution in [1.82, 2.24) is 9.80 Å². The van der Waals surface area contributed by atoms with Crippen molar-refractivity contribution in [2.24, 2.45) is 0 Å². The van der Waals surface area contributed by atoms with Gasteiger partial charge in [0.15, 0.2) is 6.61 Å². The Balaban J connectivity index is 1.83. The molecular weight excluding hydrogens is 332 g/mol. The predicted molar refractivity (Wildman–Crippen MR) is 91.5 cm³/mol. The maximum absolute atomic E-state index is 12.3. The van der Waals surface area contributed by atoms with Gasteiger partial charge in [0, 0.05) is 38.3 Å². The smallest absolute Gasteiger partial charge is 0.260 e. The van der Waals surface area contributed by atoms with Crippen LogP contribution in [-0.4, -0.2) is 68.1 Å². The number of methoxy groups -OCH3 is 1. The molecule has 1 saturated heterocycles. The Bertz CT molecular complexity index is 590. The molecule has 0 radical (unpaired) electrons. The van der Waals surface area contributed by atoms with Crippen LogP contribution in [0.25, 0.3) is 0 Å². The molecule has 0 aliphatic carbocycles. The molecule has 2 amide bonds. The molecule has 1 heterocycles. The third-order valence-electron chi connectivity index (χ3n) is 4.03. The largest absolute Gasteiger partial charge is 0.484 e. The van der Waals surface area contributed by atoms with E-state index in [2.05, 4.69) is 0 Å². The number of piperazine rings is 1. The summed E-state index contributed by atoms with van der Waals surface area (Å²) in [7, 11) is 1.50. The van der Waals surface area contributed by atoms with Crippen LogP contribution in [0.1, 0.15) is 11.1 Å². The van der Waals surface area contributed by atoms with E-state index in [9.17, 15) is 9.59 Å². The molecule has 1 aliphatic heterocycles. The molecule has 0 aromatic heterocycles. The third-order valence-corrected chi connectivity index (χ3v) is 4.62. The zero-order valence-corrected chi connectivity index (χ0v) is 15.1. The number of carbonyl (C=O) groups is 2. The minimum Gasteiger partial charge on any atom is -0.484 e. The Hall–Kier alpha value is -1.79. The number of benzene rings is 1. The Morgan fingerprint density at radius 3 is 1.92 bits per heavy atom. The maximum Gasteiger partial charge on any atom is 0.260 e. The second-order valence-corrected chi connectivity index (χ2v) is 6.23. The topological polar surface area (TPSA) is 59.1 Å². The highest BCUT2D eigenvalue weighted by molar-refractivity contribution is 6.32. The van der Waals surface area contributed by atoms with Gasteiger partial charge >= 0.3 is 0 Å². The highest BCUT2D eigenvalue weighted by Crippen LogP contribution is 2.25. The number of carbonyl (C=O) groups excluding carboxylic acids is 2. The summed E-state index contributed by atoms with van der Waals surface area (Å²) < 4.78 is 10.4. The molecule has 6 nitrogen and oxygen atoms in total. The minimum absolute atomic E-state index is 0.0213. The summed E-state index contributed by atoms with van der Waals surface area (Å²) >= 11 is 6.12. The van der Waals surface area contributed by atoms with Crippen LogP contribution >= 0.6 is 11.6 Å². The maximum atomic E-state index is 12.3. The van der Waals surface area contributed by atoms with Crippen molar-refractivity contribution in [3.63, 3.8) is 0 Å². The average Bonchev–Trinajstić information content (AvgIpc) is 2.57. The second kappa shape index (κ2) is 8.35. The fourth-order valence-electron chi connectivity index (χ4n) is 2.65. The van der Waals surface area contributed by atoms with Crippen molar-refractivity contribution >= 4 is 23.4 Å². The van der Waals surface area contributed by atoms with E-state index in [1.165, 1.54) is 7.11 Å². The number of rotatable bonds is 5. The van der Waals surface area contributed by atoms with Gasteiger partial charge in [-0.05, 0) is 37.1 Å². The van der Waals surface area contributed by atoms with Gasteiger partial charge < -0.3 is 19.3 Å². The fraction of sp³-hybridized carbons (Fsp3) is 0.529. The van der Waals surface area contributed by atoms with Gasteiger partial charge in [0.25, 0.3) is 5.91 Å². The first-order valence-corrected chi connectivity index (χ1v) is 8.24. The van der Waals surface area contributed by atoms with Crippen molar-refractivity contribution in [2.45, 2.75) is 13.8 Å². The molecule has 0 unspecified atom stereocenters. The van der Waals surface area contributed by atoms with Crippen molar-refractivity contribution in [3.05, 3.63) is 28.3 Å². The summed E-state index contributed by atoms with van der Waals surface area (Å²) in [5.41, 5.74) is 1.84. The highest BCUT2D eigenvalue weighted by atomic mass is 35.5. The SMILES string of the molecule is COCC(=O)N1CCN(C(=O)COc2cc(C)c(Cl)c(C)c2)CC1. The number of halogens is 1. The highest BCUT2D eigenvalue weighted by Gasteiger charge is 2.24. The van der Waals surface area contributed by atoms with E-state index in [1.807, 2.05) is 26.0 Å². The molecule has 1 fully saturated rings. The van der Waals surface area contributed by atoms with Gasteiger partial charge in [-0.15, -0.1) is 0 Å². The molecule has 2 rings (SSSR count). The fourth-order valence-corrected chi connectivity index (χ4v) is 2.75. The number of ether oxygens (including phenoxy) is 2. The molecule has 0 saturated carbocycles. The second-order valence-electron chi connectivity index (χ2n) is 5.85. The Kier molecular flexibility index (Phi) is 6.45. The van der Waals surface area contributed by atoms with E-state index < -0.39 is 0 Å². The van der Waals surface area contributed by atoms with E-state index in [1.54, 1.807) is 9.80 Å². The van der Waals surface area contributed by atoms with E-state index in [-0.39, 0.29) is 25.0 Å². The quantitative estimate of drug-likeness (QED) is 0.806. The average molecular weight is 355 g/mol. The predicted octanol–water partition coefficient (Wildman–Crippen LogP) is 1.65.